The van der Waals surface area contributed by atoms with E-state index >= 15 is 0 Å². The number of carbonyl (C=O) groups is 2. The molecular formula is C19H23N3O3. The second-order valence-electron chi connectivity index (χ2n) is 5.51. The van der Waals surface area contributed by atoms with Crippen molar-refractivity contribution < 1.29 is 14.3 Å². The summed E-state index contributed by atoms with van der Waals surface area (Å²) in [6.07, 6.45) is 2.38. The van der Waals surface area contributed by atoms with Gasteiger partial charge in [-0.15, -0.1) is 0 Å². The van der Waals surface area contributed by atoms with Crippen LogP contribution in [0.5, 0.6) is 5.88 Å². The first kappa shape index (κ1) is 18.4. The number of aromatic nitrogens is 1. The van der Waals surface area contributed by atoms with E-state index in [1.165, 1.54) is 4.90 Å². The molecule has 0 aliphatic rings. The van der Waals surface area contributed by atoms with E-state index in [1.807, 2.05) is 38.1 Å². The van der Waals surface area contributed by atoms with Crippen LogP contribution in [0.1, 0.15) is 29.8 Å². The van der Waals surface area contributed by atoms with Crippen molar-refractivity contribution in [1.29, 1.82) is 0 Å². The molecule has 6 nitrogen and oxygen atoms in total. The molecule has 0 aliphatic carbocycles. The summed E-state index contributed by atoms with van der Waals surface area (Å²) in [6, 6.07) is 10.9. The van der Waals surface area contributed by atoms with Crippen molar-refractivity contribution in [2.75, 3.05) is 25.5 Å². The minimum atomic E-state index is -0.310. The van der Waals surface area contributed by atoms with Crippen LogP contribution in [0.3, 0.4) is 0 Å². The summed E-state index contributed by atoms with van der Waals surface area (Å²) < 4.78 is 5.38. The van der Waals surface area contributed by atoms with Gasteiger partial charge >= 0.3 is 0 Å². The molecule has 0 saturated heterocycles. The predicted octanol–water partition coefficient (Wildman–Crippen LogP) is 2.75. The maximum atomic E-state index is 12.6. The zero-order valence-electron chi connectivity index (χ0n) is 14.8. The van der Waals surface area contributed by atoms with Gasteiger partial charge in [-0.3, -0.25) is 9.59 Å². The van der Waals surface area contributed by atoms with Crippen LogP contribution in [0.15, 0.2) is 42.6 Å². The lowest BCUT2D eigenvalue weighted by Gasteiger charge is -2.18. The largest absolute Gasteiger partial charge is 0.477 e. The molecule has 1 aromatic carbocycles. The second-order valence-corrected chi connectivity index (χ2v) is 5.51. The fraction of sp³-hybridized carbons (Fsp3) is 0.316. The molecule has 1 N–H and O–H groups in total. The van der Waals surface area contributed by atoms with E-state index in [2.05, 4.69) is 10.3 Å². The molecule has 0 unspecified atom stereocenters. The number of nitrogens with one attached hydrogen (secondary N) is 1. The number of hydrogen-bond donors (Lipinski definition) is 1. The van der Waals surface area contributed by atoms with Crippen molar-refractivity contribution in [2.45, 2.75) is 20.3 Å². The lowest BCUT2D eigenvalue weighted by atomic mass is 10.1. The number of nitrogens with zero attached hydrogens (tertiary/aromatic N) is 2. The van der Waals surface area contributed by atoms with Crippen LogP contribution in [0.4, 0.5) is 5.69 Å². The van der Waals surface area contributed by atoms with E-state index < -0.39 is 0 Å². The van der Waals surface area contributed by atoms with Gasteiger partial charge in [0.05, 0.1) is 13.2 Å². The van der Waals surface area contributed by atoms with Crippen molar-refractivity contribution in [3.63, 3.8) is 0 Å². The van der Waals surface area contributed by atoms with E-state index in [4.69, 9.17) is 4.74 Å². The predicted molar refractivity (Wildman–Crippen MR) is 96.8 cm³/mol. The Balaban J connectivity index is 2.05. The molecule has 1 aromatic heterocycles. The van der Waals surface area contributed by atoms with Gasteiger partial charge in [0.2, 0.25) is 11.8 Å². The summed E-state index contributed by atoms with van der Waals surface area (Å²) in [4.78, 5) is 30.3. The Labute approximate surface area is 147 Å². The minimum absolute atomic E-state index is 0.0582. The number of ether oxygens (including phenoxy) is 1. The first-order valence-electron chi connectivity index (χ1n) is 8.27. The van der Waals surface area contributed by atoms with Gasteiger partial charge in [-0.2, -0.15) is 0 Å². The zero-order chi connectivity index (χ0) is 18.2. The maximum absolute atomic E-state index is 12.6. The van der Waals surface area contributed by atoms with E-state index in [0.717, 1.165) is 17.7 Å². The highest BCUT2D eigenvalue weighted by Crippen LogP contribution is 2.17. The average Bonchev–Trinajstić information content (AvgIpc) is 2.62. The van der Waals surface area contributed by atoms with Crippen LogP contribution in [0, 0.1) is 0 Å². The molecule has 0 radical (unpaired) electrons. The summed E-state index contributed by atoms with van der Waals surface area (Å²) in [5, 5.41) is 2.86. The average molecular weight is 341 g/mol. The van der Waals surface area contributed by atoms with Crippen molar-refractivity contribution in [1.82, 2.24) is 9.88 Å². The van der Waals surface area contributed by atoms with E-state index in [1.54, 1.807) is 25.4 Å². The lowest BCUT2D eigenvalue weighted by Crippen LogP contribution is -2.35. The molecule has 0 bridgehead atoms. The van der Waals surface area contributed by atoms with Gasteiger partial charge in [-0.25, -0.2) is 4.98 Å². The molecular weight excluding hydrogens is 318 g/mol. The Hall–Kier alpha value is -2.89. The van der Waals surface area contributed by atoms with Crippen LogP contribution < -0.4 is 10.1 Å². The number of aryl methyl sites for hydroxylation is 1. The normalized spacial score (nSPS) is 10.2. The Kier molecular flexibility index (Phi) is 6.51. The number of carbonyl (C=O) groups excluding carboxylic acids is 2. The topological polar surface area (TPSA) is 71.5 Å². The van der Waals surface area contributed by atoms with Gasteiger partial charge in [0.1, 0.15) is 5.56 Å². The Bertz CT molecular complexity index is 746. The number of benzene rings is 1. The molecule has 2 amide bonds. The molecule has 132 valence electrons. The standard InChI is InChI=1S/C19H23N3O3/c1-4-14-9-6-7-11-16(14)21-17(23)13-22(3)19(24)15-10-8-12-20-18(15)25-5-2/h6-12H,4-5,13H2,1-3H3,(H,21,23). The molecule has 0 fully saturated rings. The molecule has 2 aromatic rings. The number of anilines is 1. The first-order chi connectivity index (χ1) is 12.1. The number of likely N-dealkylation sites (N-methyl/N-ethyl adjacent to an activating group) is 1. The lowest BCUT2D eigenvalue weighted by molar-refractivity contribution is -0.116. The van der Waals surface area contributed by atoms with Crippen LogP contribution in [-0.2, 0) is 11.2 Å². The van der Waals surface area contributed by atoms with Gasteiger partial charge in [0, 0.05) is 18.9 Å². The highest BCUT2D eigenvalue weighted by atomic mass is 16.5. The molecule has 0 saturated carbocycles. The molecule has 2 rings (SSSR count). The van der Waals surface area contributed by atoms with Crippen molar-refractivity contribution in [3.05, 3.63) is 53.7 Å². The third-order valence-electron chi connectivity index (χ3n) is 3.68. The monoisotopic (exact) mass is 341 g/mol. The van der Waals surface area contributed by atoms with Crippen LogP contribution in [0.2, 0.25) is 0 Å². The Morgan fingerprint density at radius 3 is 2.64 bits per heavy atom. The quantitative estimate of drug-likeness (QED) is 0.840. The fourth-order valence-corrected chi connectivity index (χ4v) is 2.44. The Morgan fingerprint density at radius 2 is 1.92 bits per heavy atom. The second kappa shape index (κ2) is 8.82. The Morgan fingerprint density at radius 1 is 1.16 bits per heavy atom. The summed E-state index contributed by atoms with van der Waals surface area (Å²) in [5.74, 6) is -0.285. The maximum Gasteiger partial charge on any atom is 0.259 e. The zero-order valence-corrected chi connectivity index (χ0v) is 14.8. The number of amides is 2. The smallest absolute Gasteiger partial charge is 0.259 e. The van der Waals surface area contributed by atoms with Crippen molar-refractivity contribution in [3.8, 4) is 5.88 Å². The minimum Gasteiger partial charge on any atom is -0.477 e. The summed E-state index contributed by atoms with van der Waals surface area (Å²) in [7, 11) is 1.58. The molecule has 0 aliphatic heterocycles. The SMILES string of the molecule is CCOc1ncccc1C(=O)N(C)CC(=O)Nc1ccccc1CC. The van der Waals surface area contributed by atoms with E-state index in [9.17, 15) is 9.59 Å². The summed E-state index contributed by atoms with van der Waals surface area (Å²) >= 11 is 0. The van der Waals surface area contributed by atoms with E-state index in [-0.39, 0.29) is 24.2 Å². The highest BCUT2D eigenvalue weighted by Gasteiger charge is 2.19. The van der Waals surface area contributed by atoms with Gasteiger partial charge in [0.25, 0.3) is 5.91 Å². The number of hydrogen-bond acceptors (Lipinski definition) is 4. The third-order valence-corrected chi connectivity index (χ3v) is 3.68. The van der Waals surface area contributed by atoms with Gasteiger partial charge < -0.3 is 15.0 Å². The first-order valence-corrected chi connectivity index (χ1v) is 8.27. The molecule has 25 heavy (non-hydrogen) atoms. The van der Waals surface area contributed by atoms with Crippen LogP contribution in [-0.4, -0.2) is 41.9 Å². The van der Waals surface area contributed by atoms with Crippen LogP contribution in [0.25, 0.3) is 0 Å². The van der Waals surface area contributed by atoms with Crippen molar-refractivity contribution in [2.24, 2.45) is 0 Å². The highest BCUT2D eigenvalue weighted by molar-refractivity contribution is 6.00. The summed E-state index contributed by atoms with van der Waals surface area (Å²) in [5.41, 5.74) is 2.16. The van der Waals surface area contributed by atoms with Gasteiger partial charge in [0.15, 0.2) is 0 Å². The molecule has 0 spiro atoms. The number of rotatable bonds is 7. The number of pyridine rings is 1. The molecule has 1 heterocycles. The third kappa shape index (κ3) is 4.79. The molecule has 0 atom stereocenters. The van der Waals surface area contributed by atoms with Crippen LogP contribution >= 0.6 is 0 Å². The summed E-state index contributed by atoms with van der Waals surface area (Å²) in [6.45, 7) is 4.20. The van der Waals surface area contributed by atoms with E-state index in [0.29, 0.717) is 12.2 Å². The van der Waals surface area contributed by atoms with Gasteiger partial charge in [-0.1, -0.05) is 25.1 Å². The number of para-hydroxylation sites is 1. The van der Waals surface area contributed by atoms with Gasteiger partial charge in [-0.05, 0) is 37.1 Å². The fourth-order valence-electron chi connectivity index (χ4n) is 2.44. The van der Waals surface area contributed by atoms with Crippen molar-refractivity contribution >= 4 is 17.5 Å². The molecule has 6 heteroatoms.